The van der Waals surface area contributed by atoms with Gasteiger partial charge >= 0.3 is 0 Å². The molecule has 1 saturated heterocycles. The maximum atomic E-state index is 13.1. The molecule has 0 saturated carbocycles. The number of aliphatic hydroxyl groups excluding tert-OH is 3. The fourth-order valence-corrected chi connectivity index (χ4v) is 7.71. The zero-order valence-electron chi connectivity index (χ0n) is 19.8. The molecule has 8 nitrogen and oxygen atoms in total. The predicted molar refractivity (Wildman–Crippen MR) is 134 cm³/mol. The summed E-state index contributed by atoms with van der Waals surface area (Å²) in [5.41, 5.74) is -0.194. The number of aliphatic hydroxyl groups is 3. The van der Waals surface area contributed by atoms with Crippen LogP contribution in [-0.2, 0) is 21.0 Å². The molecule has 2 aliphatic heterocycles. The summed E-state index contributed by atoms with van der Waals surface area (Å²) >= 11 is 1.01. The quantitative estimate of drug-likeness (QED) is 0.517. The first-order chi connectivity index (χ1) is 17.2. The SMILES string of the molecule is CCC1(Cc2ccc3c(c2)OCCO3)C=CC([C@@H]2OC(S(=O)(=O)c3cccs3)[C@@H](O)[C@H](O)[C@H]2O)=CC1. The second-order valence-corrected chi connectivity index (χ2v) is 12.7. The number of ether oxygens (including phenoxy) is 3. The van der Waals surface area contributed by atoms with E-state index in [-0.39, 0.29) is 9.62 Å². The van der Waals surface area contributed by atoms with E-state index in [4.69, 9.17) is 14.2 Å². The molecule has 1 aliphatic carbocycles. The highest BCUT2D eigenvalue weighted by atomic mass is 32.2. The highest BCUT2D eigenvalue weighted by Crippen LogP contribution is 2.41. The van der Waals surface area contributed by atoms with Crippen LogP contribution in [-0.4, -0.2) is 66.8 Å². The molecule has 0 bridgehead atoms. The van der Waals surface area contributed by atoms with Crippen molar-refractivity contribution in [1.82, 2.24) is 0 Å². The number of fused-ring (bicyclic) bond motifs is 1. The van der Waals surface area contributed by atoms with Gasteiger partial charge in [0.25, 0.3) is 0 Å². The monoisotopic (exact) mass is 534 g/mol. The Bertz CT molecular complexity index is 1250. The molecule has 0 amide bonds. The van der Waals surface area contributed by atoms with Crippen molar-refractivity contribution in [3.8, 4) is 11.5 Å². The van der Waals surface area contributed by atoms with E-state index in [2.05, 4.69) is 13.0 Å². The van der Waals surface area contributed by atoms with Gasteiger partial charge in [-0.25, -0.2) is 8.42 Å². The Hall–Kier alpha value is -2.21. The minimum Gasteiger partial charge on any atom is -0.486 e. The summed E-state index contributed by atoms with van der Waals surface area (Å²) in [7, 11) is -4.07. The van der Waals surface area contributed by atoms with Crippen LogP contribution >= 0.6 is 11.3 Å². The van der Waals surface area contributed by atoms with Gasteiger partial charge in [0.15, 0.2) is 16.9 Å². The summed E-state index contributed by atoms with van der Waals surface area (Å²) in [4.78, 5) is 0. The van der Waals surface area contributed by atoms with Crippen LogP contribution in [0.5, 0.6) is 11.5 Å². The van der Waals surface area contributed by atoms with Gasteiger partial charge < -0.3 is 29.5 Å². The van der Waals surface area contributed by atoms with Crippen molar-refractivity contribution in [3.63, 3.8) is 0 Å². The Kier molecular flexibility index (Phi) is 7.01. The maximum Gasteiger partial charge on any atom is 0.217 e. The van der Waals surface area contributed by atoms with Gasteiger partial charge in [0.2, 0.25) is 9.84 Å². The van der Waals surface area contributed by atoms with Crippen LogP contribution in [0.1, 0.15) is 25.3 Å². The first-order valence-electron chi connectivity index (χ1n) is 12.0. The van der Waals surface area contributed by atoms with Crippen molar-refractivity contribution in [2.75, 3.05) is 13.2 Å². The minimum absolute atomic E-state index is 0.0338. The highest BCUT2D eigenvalue weighted by Gasteiger charge is 2.50. The summed E-state index contributed by atoms with van der Waals surface area (Å²) in [6.45, 7) is 3.17. The molecule has 194 valence electrons. The Morgan fingerprint density at radius 3 is 2.50 bits per heavy atom. The van der Waals surface area contributed by atoms with E-state index in [0.29, 0.717) is 25.2 Å². The number of hydrogen-bond donors (Lipinski definition) is 3. The maximum absolute atomic E-state index is 13.1. The third-order valence-electron chi connectivity index (χ3n) is 7.22. The molecule has 3 heterocycles. The average Bonchev–Trinajstić information content (AvgIpc) is 3.44. The zero-order chi connectivity index (χ0) is 25.5. The second-order valence-electron chi connectivity index (χ2n) is 9.49. The summed E-state index contributed by atoms with van der Waals surface area (Å²) in [5.74, 6) is 1.48. The molecule has 1 aromatic carbocycles. The van der Waals surface area contributed by atoms with Crippen LogP contribution in [0.25, 0.3) is 0 Å². The number of rotatable bonds is 6. The van der Waals surface area contributed by atoms with E-state index >= 15 is 0 Å². The van der Waals surface area contributed by atoms with Gasteiger partial charge in [-0.3, -0.25) is 0 Å². The Morgan fingerprint density at radius 2 is 1.83 bits per heavy atom. The summed E-state index contributed by atoms with van der Waals surface area (Å²) in [6.07, 6.45) is 2.05. The van der Waals surface area contributed by atoms with E-state index in [1.165, 1.54) is 6.07 Å². The van der Waals surface area contributed by atoms with Crippen molar-refractivity contribution >= 4 is 21.2 Å². The molecule has 6 atom stereocenters. The van der Waals surface area contributed by atoms with Gasteiger partial charge in [0.1, 0.15) is 41.8 Å². The molecule has 2 aromatic rings. The highest BCUT2D eigenvalue weighted by molar-refractivity contribution is 7.93. The van der Waals surface area contributed by atoms with E-state index in [1.807, 2.05) is 30.4 Å². The van der Waals surface area contributed by atoms with Crippen molar-refractivity contribution in [2.24, 2.45) is 5.41 Å². The van der Waals surface area contributed by atoms with Crippen LogP contribution < -0.4 is 9.47 Å². The lowest BCUT2D eigenvalue weighted by Gasteiger charge is -2.41. The second kappa shape index (κ2) is 9.92. The van der Waals surface area contributed by atoms with Crippen molar-refractivity contribution in [1.29, 1.82) is 0 Å². The molecule has 3 aliphatic rings. The molecule has 1 aromatic heterocycles. The van der Waals surface area contributed by atoms with Crippen LogP contribution in [0.3, 0.4) is 0 Å². The molecule has 2 unspecified atom stereocenters. The minimum atomic E-state index is -4.07. The molecule has 1 fully saturated rings. The number of thiophene rings is 1. The summed E-state index contributed by atoms with van der Waals surface area (Å²) in [5, 5.41) is 33.3. The van der Waals surface area contributed by atoms with Gasteiger partial charge in [0, 0.05) is 0 Å². The van der Waals surface area contributed by atoms with Crippen LogP contribution in [0.4, 0.5) is 0 Å². The number of sulfone groups is 1. The van der Waals surface area contributed by atoms with E-state index < -0.39 is 39.7 Å². The van der Waals surface area contributed by atoms with Crippen molar-refractivity contribution < 1.29 is 37.9 Å². The lowest BCUT2D eigenvalue weighted by Crippen LogP contribution is -2.59. The third-order valence-corrected chi connectivity index (χ3v) is 10.6. The number of benzene rings is 1. The third kappa shape index (κ3) is 4.62. The van der Waals surface area contributed by atoms with E-state index in [1.54, 1.807) is 11.4 Å². The van der Waals surface area contributed by atoms with Crippen LogP contribution in [0.15, 0.2) is 63.7 Å². The summed E-state index contributed by atoms with van der Waals surface area (Å²) in [6, 6.07) is 8.98. The lowest BCUT2D eigenvalue weighted by atomic mass is 9.72. The number of allylic oxidation sites excluding steroid dienone is 2. The Labute approximate surface area is 214 Å². The smallest absolute Gasteiger partial charge is 0.217 e. The Balaban J connectivity index is 1.35. The average molecular weight is 535 g/mol. The van der Waals surface area contributed by atoms with Gasteiger partial charge in [-0.15, -0.1) is 11.3 Å². The molecule has 0 spiro atoms. The summed E-state index contributed by atoms with van der Waals surface area (Å²) < 4.78 is 43.3. The zero-order valence-corrected chi connectivity index (χ0v) is 21.5. The molecule has 0 radical (unpaired) electrons. The standard InChI is InChI=1S/C26H30O8S2/c1-2-26(15-16-5-6-18-19(14-16)33-12-11-32-18)9-7-17(8-10-26)24-22(28)21(27)23(29)25(34-24)36(30,31)20-4-3-13-35-20/h3-9,13-14,21-25,27-29H,2,10-12,15H2,1H3/t21-,22-,23+,24+,25?,26?/m1/s1. The molecular weight excluding hydrogens is 504 g/mol. The van der Waals surface area contributed by atoms with E-state index in [9.17, 15) is 23.7 Å². The normalized spacial score (nSPS) is 32.2. The molecule has 3 N–H and O–H groups in total. The van der Waals surface area contributed by atoms with Gasteiger partial charge in [-0.05, 0) is 59.4 Å². The first kappa shape index (κ1) is 25.4. The van der Waals surface area contributed by atoms with Crippen molar-refractivity contribution in [2.45, 2.75) is 60.2 Å². The van der Waals surface area contributed by atoms with Crippen molar-refractivity contribution in [3.05, 3.63) is 65.1 Å². The fraction of sp³-hybridized carbons (Fsp3) is 0.462. The lowest BCUT2D eigenvalue weighted by molar-refractivity contribution is -0.188. The molecule has 10 heteroatoms. The molecule has 36 heavy (non-hydrogen) atoms. The van der Waals surface area contributed by atoms with E-state index in [0.717, 1.165) is 41.2 Å². The van der Waals surface area contributed by atoms with Crippen LogP contribution in [0.2, 0.25) is 0 Å². The Morgan fingerprint density at radius 1 is 1.06 bits per heavy atom. The first-order valence-corrected chi connectivity index (χ1v) is 14.4. The topological polar surface area (TPSA) is 123 Å². The number of hydrogen-bond acceptors (Lipinski definition) is 9. The van der Waals surface area contributed by atoms with Gasteiger partial charge in [0.05, 0.1) is 0 Å². The largest absolute Gasteiger partial charge is 0.486 e. The van der Waals surface area contributed by atoms with Crippen LogP contribution in [0, 0.1) is 5.41 Å². The predicted octanol–water partition coefficient (Wildman–Crippen LogP) is 2.63. The fourth-order valence-electron chi connectivity index (χ4n) is 4.98. The molecule has 5 rings (SSSR count). The molecular formula is C26H30O8S2. The van der Waals surface area contributed by atoms with Gasteiger partial charge in [-0.1, -0.05) is 37.3 Å². The van der Waals surface area contributed by atoms with Gasteiger partial charge in [-0.2, -0.15) is 0 Å².